The minimum atomic E-state index is -0.653. The molecule has 0 atom stereocenters. The highest BCUT2D eigenvalue weighted by molar-refractivity contribution is 6.34. The topological polar surface area (TPSA) is 67.4 Å². The summed E-state index contributed by atoms with van der Waals surface area (Å²) in [6.45, 7) is 0. The van der Waals surface area contributed by atoms with Gasteiger partial charge in [-0.25, -0.2) is 4.79 Å². The third kappa shape index (κ3) is 5.79. The van der Waals surface area contributed by atoms with E-state index in [1.807, 2.05) is 60.7 Å². The van der Waals surface area contributed by atoms with Gasteiger partial charge in [0.05, 0.1) is 10.6 Å². The van der Waals surface area contributed by atoms with E-state index < -0.39 is 11.9 Å². The van der Waals surface area contributed by atoms with E-state index in [9.17, 15) is 9.59 Å². The summed E-state index contributed by atoms with van der Waals surface area (Å²) in [5.74, 6) is 0.0671. The first-order valence-electron chi connectivity index (χ1n) is 10.3. The number of rotatable bonds is 6. The molecule has 0 bridgehead atoms. The summed E-state index contributed by atoms with van der Waals surface area (Å²) in [4.78, 5) is 24.5. The van der Waals surface area contributed by atoms with E-state index in [4.69, 9.17) is 16.3 Å². The number of hydrogen-bond acceptors (Lipinski definition) is 3. The van der Waals surface area contributed by atoms with Gasteiger partial charge in [-0.15, -0.1) is 0 Å². The summed E-state index contributed by atoms with van der Waals surface area (Å²) in [5.41, 5.74) is 2.81. The number of benzene rings is 4. The maximum absolute atomic E-state index is 12.2. The third-order valence-corrected chi connectivity index (χ3v) is 5.25. The highest BCUT2D eigenvalue weighted by Crippen LogP contribution is 2.29. The molecule has 164 valence electrons. The monoisotopic (exact) mass is 456 g/mol. The Morgan fingerprint density at radius 2 is 1.24 bits per heavy atom. The van der Waals surface area contributed by atoms with Crippen LogP contribution in [0.2, 0.25) is 5.02 Å². The number of urea groups is 1. The van der Waals surface area contributed by atoms with Gasteiger partial charge < -0.3 is 10.1 Å². The number of anilines is 1. The molecule has 6 heteroatoms. The Balaban J connectivity index is 1.42. The molecule has 0 fully saturated rings. The van der Waals surface area contributed by atoms with E-state index >= 15 is 0 Å². The van der Waals surface area contributed by atoms with Gasteiger partial charge in [0.2, 0.25) is 0 Å². The largest absolute Gasteiger partial charge is 0.481 e. The normalized spacial score (nSPS) is 10.5. The summed E-state index contributed by atoms with van der Waals surface area (Å²) in [6, 6.07) is 32.8. The van der Waals surface area contributed by atoms with E-state index in [0.29, 0.717) is 11.4 Å². The molecule has 2 N–H and O–H groups in total. The van der Waals surface area contributed by atoms with Crippen molar-refractivity contribution in [3.63, 3.8) is 0 Å². The van der Waals surface area contributed by atoms with Crippen LogP contribution in [0.15, 0.2) is 109 Å². The van der Waals surface area contributed by atoms with Gasteiger partial charge in [0.1, 0.15) is 11.9 Å². The van der Waals surface area contributed by atoms with Gasteiger partial charge >= 0.3 is 6.03 Å². The number of amides is 3. The maximum atomic E-state index is 12.2. The first-order chi connectivity index (χ1) is 16.1. The lowest BCUT2D eigenvalue weighted by Gasteiger charge is -2.20. The Bertz CT molecular complexity index is 1190. The van der Waals surface area contributed by atoms with Crippen LogP contribution >= 0.6 is 11.6 Å². The molecular weight excluding hydrogens is 436 g/mol. The van der Waals surface area contributed by atoms with E-state index in [-0.39, 0.29) is 16.7 Å². The zero-order chi connectivity index (χ0) is 23.0. The van der Waals surface area contributed by atoms with Crippen molar-refractivity contribution in [2.75, 3.05) is 5.32 Å². The van der Waals surface area contributed by atoms with Crippen LogP contribution in [0.25, 0.3) is 0 Å². The van der Waals surface area contributed by atoms with Crippen molar-refractivity contribution in [3.05, 3.63) is 131 Å². The molecule has 4 rings (SSSR count). The first kappa shape index (κ1) is 22.1. The first-order valence-corrected chi connectivity index (χ1v) is 10.7. The van der Waals surface area contributed by atoms with Crippen LogP contribution in [0.1, 0.15) is 27.6 Å². The second kappa shape index (κ2) is 10.5. The Labute approximate surface area is 197 Å². The molecule has 3 amide bonds. The molecule has 33 heavy (non-hydrogen) atoms. The molecule has 0 aliphatic rings. The van der Waals surface area contributed by atoms with Crippen LogP contribution in [0.3, 0.4) is 0 Å². The fourth-order valence-corrected chi connectivity index (χ4v) is 3.54. The zero-order valence-corrected chi connectivity index (χ0v) is 18.3. The number of carbonyl (C=O) groups is 2. The number of hydrogen-bond donors (Lipinski definition) is 2. The molecule has 5 nitrogen and oxygen atoms in total. The molecule has 0 aliphatic carbocycles. The summed E-state index contributed by atoms with van der Waals surface area (Å²) >= 11 is 6.00. The van der Waals surface area contributed by atoms with Crippen molar-refractivity contribution in [2.45, 2.75) is 6.10 Å². The fraction of sp³-hybridized carbons (Fsp3) is 0.0370. The average Bonchev–Trinajstić information content (AvgIpc) is 2.85. The minimum Gasteiger partial charge on any atom is -0.481 e. The van der Waals surface area contributed by atoms with Gasteiger partial charge in [-0.2, -0.15) is 0 Å². The highest BCUT2D eigenvalue weighted by atomic mass is 35.5. The molecule has 0 unspecified atom stereocenters. The number of imide groups is 1. The number of nitrogens with one attached hydrogen (secondary N) is 2. The van der Waals surface area contributed by atoms with Gasteiger partial charge in [0.25, 0.3) is 5.91 Å². The molecule has 0 aromatic heterocycles. The van der Waals surface area contributed by atoms with Gasteiger partial charge in [-0.1, -0.05) is 84.4 Å². The van der Waals surface area contributed by atoms with Crippen LogP contribution in [0.5, 0.6) is 5.75 Å². The number of carbonyl (C=O) groups excluding carboxylic acids is 2. The van der Waals surface area contributed by atoms with E-state index in [0.717, 1.165) is 11.1 Å². The lowest BCUT2D eigenvalue weighted by Crippen LogP contribution is -2.34. The second-order valence-electron chi connectivity index (χ2n) is 7.23. The summed E-state index contributed by atoms with van der Waals surface area (Å²) in [6.07, 6.45) is -0.275. The van der Waals surface area contributed by atoms with Crippen LogP contribution in [0, 0.1) is 0 Å². The molecule has 4 aromatic rings. The molecular formula is C27H21ClN2O3. The van der Waals surface area contributed by atoms with Crippen LogP contribution in [-0.4, -0.2) is 11.9 Å². The predicted octanol–water partition coefficient (Wildman–Crippen LogP) is 6.47. The average molecular weight is 457 g/mol. The van der Waals surface area contributed by atoms with Crippen molar-refractivity contribution in [1.29, 1.82) is 0 Å². The minimum absolute atomic E-state index is 0.228. The van der Waals surface area contributed by atoms with Crippen molar-refractivity contribution in [3.8, 4) is 5.75 Å². The highest BCUT2D eigenvalue weighted by Gasteiger charge is 2.16. The molecule has 0 heterocycles. The Kier molecular flexibility index (Phi) is 7.03. The van der Waals surface area contributed by atoms with Gasteiger partial charge in [0.15, 0.2) is 0 Å². The lowest BCUT2D eigenvalue weighted by atomic mass is 10.0. The SMILES string of the molecule is O=C(NC(=O)c1ccccc1Cl)Nc1ccc(OC(c2ccccc2)c2ccccc2)cc1. The molecule has 4 aromatic carbocycles. The van der Waals surface area contributed by atoms with Gasteiger partial charge in [-0.05, 0) is 47.5 Å². The number of ether oxygens (including phenoxy) is 1. The van der Waals surface area contributed by atoms with E-state index in [1.165, 1.54) is 0 Å². The smallest absolute Gasteiger partial charge is 0.326 e. The Morgan fingerprint density at radius 3 is 1.82 bits per heavy atom. The standard InChI is InChI=1S/C27H21ClN2O3/c28-24-14-8-7-13-23(24)26(31)30-27(32)29-21-15-17-22(18-16-21)33-25(19-9-3-1-4-10-19)20-11-5-2-6-12-20/h1-18,25H,(H2,29,30,31,32). The molecule has 0 spiro atoms. The Hall–Kier alpha value is -4.09. The van der Waals surface area contributed by atoms with Crippen LogP contribution in [0.4, 0.5) is 10.5 Å². The van der Waals surface area contributed by atoms with Crippen LogP contribution in [-0.2, 0) is 0 Å². The summed E-state index contributed by atoms with van der Waals surface area (Å²) < 4.78 is 6.29. The van der Waals surface area contributed by atoms with Crippen molar-refractivity contribution >= 4 is 29.2 Å². The van der Waals surface area contributed by atoms with Crippen LogP contribution < -0.4 is 15.4 Å². The molecule has 0 saturated heterocycles. The second-order valence-corrected chi connectivity index (χ2v) is 7.64. The maximum Gasteiger partial charge on any atom is 0.326 e. The number of halogens is 1. The molecule has 0 saturated carbocycles. The summed E-state index contributed by atoms with van der Waals surface area (Å²) in [5, 5.41) is 5.18. The quantitative estimate of drug-likeness (QED) is 0.349. The van der Waals surface area contributed by atoms with Crippen molar-refractivity contribution in [2.24, 2.45) is 0 Å². The van der Waals surface area contributed by atoms with Gasteiger partial charge in [0, 0.05) is 5.69 Å². The lowest BCUT2D eigenvalue weighted by molar-refractivity contribution is 0.0967. The zero-order valence-electron chi connectivity index (χ0n) is 17.6. The van der Waals surface area contributed by atoms with Gasteiger partial charge in [-0.3, -0.25) is 10.1 Å². The predicted molar refractivity (Wildman–Crippen MR) is 130 cm³/mol. The molecule has 0 aliphatic heterocycles. The van der Waals surface area contributed by atoms with Crippen molar-refractivity contribution in [1.82, 2.24) is 5.32 Å². The van der Waals surface area contributed by atoms with Crippen molar-refractivity contribution < 1.29 is 14.3 Å². The van der Waals surface area contributed by atoms with E-state index in [1.54, 1.807) is 48.5 Å². The van der Waals surface area contributed by atoms with E-state index in [2.05, 4.69) is 10.6 Å². The molecule has 0 radical (unpaired) electrons. The Morgan fingerprint density at radius 1 is 0.697 bits per heavy atom. The fourth-order valence-electron chi connectivity index (χ4n) is 3.32. The third-order valence-electron chi connectivity index (χ3n) is 4.92. The summed E-state index contributed by atoms with van der Waals surface area (Å²) in [7, 11) is 0.